The monoisotopic (exact) mass is 241 g/mol. The van der Waals surface area contributed by atoms with Crippen LogP contribution in [0.1, 0.15) is 24.2 Å². The average Bonchev–Trinajstić information content (AvgIpc) is 2.39. The van der Waals surface area contributed by atoms with E-state index in [9.17, 15) is 4.79 Å². The Bertz CT molecular complexity index is 535. The van der Waals surface area contributed by atoms with Crippen molar-refractivity contribution in [3.05, 3.63) is 48.3 Å². The lowest BCUT2D eigenvalue weighted by Crippen LogP contribution is -2.07. The molecule has 18 heavy (non-hydrogen) atoms. The summed E-state index contributed by atoms with van der Waals surface area (Å²) in [5.74, 6) is 0.612. The van der Waals surface area contributed by atoms with E-state index in [1.54, 1.807) is 18.5 Å². The topological polar surface area (TPSA) is 39.2 Å². The van der Waals surface area contributed by atoms with Gasteiger partial charge in [-0.1, -0.05) is 12.1 Å². The summed E-state index contributed by atoms with van der Waals surface area (Å²) in [4.78, 5) is 15.0. The number of aldehydes is 1. The molecule has 0 radical (unpaired) electrons. The number of hydrogen-bond acceptors (Lipinski definition) is 3. The molecule has 0 spiro atoms. The summed E-state index contributed by atoms with van der Waals surface area (Å²) in [6.45, 7) is 3.87. The van der Waals surface area contributed by atoms with Crippen LogP contribution in [0.4, 0.5) is 0 Å². The molecule has 2 aromatic rings. The summed E-state index contributed by atoms with van der Waals surface area (Å²) in [5, 5.41) is 0. The van der Waals surface area contributed by atoms with Gasteiger partial charge in [0.05, 0.1) is 11.7 Å². The highest BCUT2D eigenvalue weighted by molar-refractivity contribution is 5.81. The smallest absolute Gasteiger partial charge is 0.153 e. The molecule has 92 valence electrons. The van der Waals surface area contributed by atoms with Crippen LogP contribution in [-0.2, 0) is 0 Å². The van der Waals surface area contributed by atoms with Gasteiger partial charge in [0.2, 0.25) is 0 Å². The third-order valence-corrected chi connectivity index (χ3v) is 2.50. The molecule has 1 heterocycles. The van der Waals surface area contributed by atoms with E-state index in [2.05, 4.69) is 4.98 Å². The number of carbonyl (C=O) groups is 1. The average molecular weight is 241 g/mol. The first-order valence-electron chi connectivity index (χ1n) is 5.87. The van der Waals surface area contributed by atoms with Gasteiger partial charge in [-0.25, -0.2) is 0 Å². The van der Waals surface area contributed by atoms with Gasteiger partial charge in [-0.2, -0.15) is 0 Å². The Morgan fingerprint density at radius 2 is 2.06 bits per heavy atom. The predicted molar refractivity (Wildman–Crippen MR) is 70.8 cm³/mol. The third-order valence-electron chi connectivity index (χ3n) is 2.50. The molecule has 0 aliphatic heterocycles. The summed E-state index contributed by atoms with van der Waals surface area (Å²) in [6, 6.07) is 9.40. The van der Waals surface area contributed by atoms with Gasteiger partial charge in [0.25, 0.3) is 0 Å². The molecule has 0 unspecified atom stereocenters. The molecule has 3 nitrogen and oxygen atoms in total. The fraction of sp³-hybridized carbons (Fsp3) is 0.200. The Labute approximate surface area is 106 Å². The van der Waals surface area contributed by atoms with E-state index in [1.807, 2.05) is 38.1 Å². The first kappa shape index (κ1) is 12.3. The van der Waals surface area contributed by atoms with Gasteiger partial charge in [0.15, 0.2) is 6.29 Å². The lowest BCUT2D eigenvalue weighted by molar-refractivity contribution is 0.111. The highest BCUT2D eigenvalue weighted by Crippen LogP contribution is 2.26. The molecule has 2 rings (SSSR count). The van der Waals surface area contributed by atoms with Gasteiger partial charge in [-0.05, 0) is 37.6 Å². The molecular formula is C15H15NO2. The summed E-state index contributed by atoms with van der Waals surface area (Å²) in [6.07, 6.45) is 4.36. The van der Waals surface area contributed by atoms with Crippen LogP contribution in [0.2, 0.25) is 0 Å². The Balaban J connectivity index is 2.42. The maximum atomic E-state index is 11.0. The van der Waals surface area contributed by atoms with Crippen LogP contribution in [0.5, 0.6) is 5.75 Å². The van der Waals surface area contributed by atoms with E-state index in [1.165, 1.54) is 0 Å². The first-order valence-corrected chi connectivity index (χ1v) is 5.87. The minimum absolute atomic E-state index is 0.0350. The summed E-state index contributed by atoms with van der Waals surface area (Å²) < 4.78 is 5.65. The van der Waals surface area contributed by atoms with Gasteiger partial charge in [0.1, 0.15) is 5.75 Å². The van der Waals surface area contributed by atoms with Crippen LogP contribution in [0, 0.1) is 0 Å². The van der Waals surface area contributed by atoms with E-state index in [0.717, 1.165) is 17.4 Å². The Hall–Kier alpha value is -2.16. The number of aromatic nitrogens is 1. The van der Waals surface area contributed by atoms with E-state index >= 15 is 0 Å². The number of carbonyl (C=O) groups excluding carboxylic acids is 1. The lowest BCUT2D eigenvalue weighted by Gasteiger charge is -2.13. The van der Waals surface area contributed by atoms with Crippen LogP contribution >= 0.6 is 0 Å². The second kappa shape index (κ2) is 5.45. The fourth-order valence-corrected chi connectivity index (χ4v) is 1.70. The van der Waals surface area contributed by atoms with Crippen LogP contribution in [0.25, 0.3) is 11.1 Å². The van der Waals surface area contributed by atoms with Crippen molar-refractivity contribution in [3.8, 4) is 16.9 Å². The molecule has 0 N–H and O–H groups in total. The van der Waals surface area contributed by atoms with Crippen molar-refractivity contribution in [3.63, 3.8) is 0 Å². The molecule has 0 aliphatic rings. The van der Waals surface area contributed by atoms with Gasteiger partial charge >= 0.3 is 0 Å². The molecule has 0 saturated heterocycles. The number of nitrogens with zero attached hydrogens (tertiary/aromatic N) is 1. The molecule has 1 aromatic heterocycles. The number of benzene rings is 1. The SMILES string of the molecule is CC(C)Oc1cc(-c2cccnc2)ccc1C=O. The summed E-state index contributed by atoms with van der Waals surface area (Å²) in [7, 11) is 0. The summed E-state index contributed by atoms with van der Waals surface area (Å²) >= 11 is 0. The second-order valence-corrected chi connectivity index (χ2v) is 4.28. The second-order valence-electron chi connectivity index (χ2n) is 4.28. The Morgan fingerprint density at radius 3 is 2.67 bits per heavy atom. The third kappa shape index (κ3) is 2.74. The number of pyridine rings is 1. The molecule has 0 saturated carbocycles. The van der Waals surface area contributed by atoms with Crippen molar-refractivity contribution in [2.75, 3.05) is 0 Å². The maximum absolute atomic E-state index is 11.0. The van der Waals surface area contributed by atoms with Crippen molar-refractivity contribution in [1.29, 1.82) is 0 Å². The fourth-order valence-electron chi connectivity index (χ4n) is 1.70. The molecular weight excluding hydrogens is 226 g/mol. The zero-order chi connectivity index (χ0) is 13.0. The van der Waals surface area contributed by atoms with Gasteiger partial charge in [-0.15, -0.1) is 0 Å². The molecule has 0 aliphatic carbocycles. The number of ether oxygens (including phenoxy) is 1. The Kier molecular flexibility index (Phi) is 3.72. The highest BCUT2D eigenvalue weighted by atomic mass is 16.5. The van der Waals surface area contributed by atoms with Crippen LogP contribution in [0.15, 0.2) is 42.7 Å². The van der Waals surface area contributed by atoms with Crippen LogP contribution in [0.3, 0.4) is 0 Å². The normalized spacial score (nSPS) is 10.4. The molecule has 3 heteroatoms. The number of hydrogen-bond donors (Lipinski definition) is 0. The molecule has 0 fully saturated rings. The first-order chi connectivity index (χ1) is 8.70. The molecule has 0 bridgehead atoms. The largest absolute Gasteiger partial charge is 0.490 e. The van der Waals surface area contributed by atoms with Crippen molar-refractivity contribution >= 4 is 6.29 Å². The molecule has 0 amide bonds. The van der Waals surface area contributed by atoms with Crippen molar-refractivity contribution in [2.24, 2.45) is 0 Å². The van der Waals surface area contributed by atoms with Gasteiger partial charge in [0, 0.05) is 18.0 Å². The highest BCUT2D eigenvalue weighted by Gasteiger charge is 2.07. The van der Waals surface area contributed by atoms with Crippen LogP contribution in [-0.4, -0.2) is 17.4 Å². The van der Waals surface area contributed by atoms with E-state index < -0.39 is 0 Å². The van der Waals surface area contributed by atoms with E-state index in [-0.39, 0.29) is 6.10 Å². The molecule has 1 aromatic carbocycles. The maximum Gasteiger partial charge on any atom is 0.153 e. The zero-order valence-corrected chi connectivity index (χ0v) is 10.5. The minimum atomic E-state index is 0.0350. The minimum Gasteiger partial charge on any atom is -0.490 e. The lowest BCUT2D eigenvalue weighted by atomic mass is 10.1. The van der Waals surface area contributed by atoms with E-state index in [4.69, 9.17) is 4.74 Å². The summed E-state index contributed by atoms with van der Waals surface area (Å²) in [5.41, 5.74) is 2.56. The predicted octanol–water partition coefficient (Wildman–Crippen LogP) is 3.35. The quantitative estimate of drug-likeness (QED) is 0.770. The Morgan fingerprint density at radius 1 is 1.22 bits per heavy atom. The van der Waals surface area contributed by atoms with Crippen molar-refractivity contribution < 1.29 is 9.53 Å². The van der Waals surface area contributed by atoms with Crippen molar-refractivity contribution in [2.45, 2.75) is 20.0 Å². The van der Waals surface area contributed by atoms with Gasteiger partial charge in [-0.3, -0.25) is 9.78 Å². The zero-order valence-electron chi connectivity index (χ0n) is 10.5. The van der Waals surface area contributed by atoms with Crippen LogP contribution < -0.4 is 4.74 Å². The standard InChI is InChI=1S/C15H15NO2/c1-11(2)18-15-8-12(5-6-14(15)10-17)13-4-3-7-16-9-13/h3-11H,1-2H3. The van der Waals surface area contributed by atoms with E-state index in [0.29, 0.717) is 11.3 Å². The molecule has 0 atom stereocenters. The van der Waals surface area contributed by atoms with Crippen molar-refractivity contribution in [1.82, 2.24) is 4.98 Å². The van der Waals surface area contributed by atoms with Gasteiger partial charge < -0.3 is 4.74 Å². The number of rotatable bonds is 4.